The number of halogens is 3. The summed E-state index contributed by atoms with van der Waals surface area (Å²) in [5, 5.41) is 0. The van der Waals surface area contributed by atoms with Crippen LogP contribution in [-0.2, 0) is 6.54 Å². The number of aliphatic imine (C=N–C) groups is 1. The van der Waals surface area contributed by atoms with E-state index in [1.165, 1.54) is 6.07 Å². The summed E-state index contributed by atoms with van der Waals surface area (Å²) in [4.78, 5) is 3.65. The molecular formula is C8H10F2IN3. The molecule has 1 aromatic rings. The summed E-state index contributed by atoms with van der Waals surface area (Å²) >= 11 is 0. The molecule has 0 spiro atoms. The van der Waals surface area contributed by atoms with Crippen molar-refractivity contribution in [3.05, 3.63) is 35.4 Å². The molecule has 0 aliphatic heterocycles. The Balaban J connectivity index is 0.00000169. The molecule has 3 nitrogen and oxygen atoms in total. The molecule has 0 heterocycles. The predicted molar refractivity (Wildman–Crippen MR) is 61.3 cm³/mol. The first kappa shape index (κ1) is 13.1. The minimum Gasteiger partial charge on any atom is -0.370 e. The van der Waals surface area contributed by atoms with E-state index in [-0.39, 0.29) is 36.5 Å². The normalized spacial score (nSPS) is 9.00. The zero-order valence-corrected chi connectivity index (χ0v) is 9.54. The Hall–Kier alpha value is -0.920. The van der Waals surface area contributed by atoms with Crippen LogP contribution in [0.5, 0.6) is 0 Å². The van der Waals surface area contributed by atoms with Crippen molar-refractivity contribution in [2.45, 2.75) is 6.54 Å². The number of rotatable bonds is 2. The lowest BCUT2D eigenvalue weighted by Gasteiger charge is -1.98. The van der Waals surface area contributed by atoms with Crippen molar-refractivity contribution in [2.24, 2.45) is 16.5 Å². The van der Waals surface area contributed by atoms with Crippen LogP contribution in [0.4, 0.5) is 8.78 Å². The Morgan fingerprint density at radius 3 is 2.36 bits per heavy atom. The molecular weight excluding hydrogens is 303 g/mol. The van der Waals surface area contributed by atoms with E-state index in [4.69, 9.17) is 11.5 Å². The van der Waals surface area contributed by atoms with Gasteiger partial charge in [-0.2, -0.15) is 0 Å². The molecule has 4 N–H and O–H groups in total. The van der Waals surface area contributed by atoms with E-state index in [2.05, 4.69) is 4.99 Å². The van der Waals surface area contributed by atoms with E-state index in [0.29, 0.717) is 5.56 Å². The van der Waals surface area contributed by atoms with E-state index < -0.39 is 11.6 Å². The van der Waals surface area contributed by atoms with Crippen LogP contribution < -0.4 is 11.5 Å². The average molecular weight is 313 g/mol. The fourth-order valence-electron chi connectivity index (χ4n) is 0.821. The molecule has 0 aliphatic rings. The Morgan fingerprint density at radius 1 is 1.21 bits per heavy atom. The molecule has 6 heteroatoms. The number of guanidine groups is 1. The predicted octanol–water partition coefficient (Wildman–Crippen LogP) is 1.36. The molecule has 14 heavy (non-hydrogen) atoms. The molecule has 0 aromatic heterocycles. The lowest BCUT2D eigenvalue weighted by atomic mass is 10.2. The van der Waals surface area contributed by atoms with Gasteiger partial charge in [-0.1, -0.05) is 6.07 Å². The van der Waals surface area contributed by atoms with Crippen LogP contribution in [0.15, 0.2) is 23.2 Å². The molecule has 0 fully saturated rings. The van der Waals surface area contributed by atoms with E-state index in [9.17, 15) is 8.78 Å². The van der Waals surface area contributed by atoms with Crippen molar-refractivity contribution >= 4 is 29.9 Å². The standard InChI is InChI=1S/C8H9F2N3.HI/c9-6-2-1-5(3-7(6)10)4-13-8(11)12;/h1-3H,4H2,(H4,11,12,13);1H. The van der Waals surface area contributed by atoms with Crippen molar-refractivity contribution in [1.82, 2.24) is 0 Å². The van der Waals surface area contributed by atoms with Crippen LogP contribution in [0.3, 0.4) is 0 Å². The fourth-order valence-corrected chi connectivity index (χ4v) is 0.821. The van der Waals surface area contributed by atoms with Crippen molar-refractivity contribution in [3.63, 3.8) is 0 Å². The number of hydrogen-bond donors (Lipinski definition) is 2. The third-order valence-electron chi connectivity index (χ3n) is 1.43. The van der Waals surface area contributed by atoms with Crippen LogP contribution in [0.2, 0.25) is 0 Å². The molecule has 1 rings (SSSR count). The Morgan fingerprint density at radius 2 is 1.86 bits per heavy atom. The summed E-state index contributed by atoms with van der Waals surface area (Å²) in [7, 11) is 0. The summed E-state index contributed by atoms with van der Waals surface area (Å²) in [6, 6.07) is 3.51. The van der Waals surface area contributed by atoms with Crippen molar-refractivity contribution in [3.8, 4) is 0 Å². The molecule has 0 saturated carbocycles. The summed E-state index contributed by atoms with van der Waals surface area (Å²) < 4.78 is 25.1. The first-order valence-corrected chi connectivity index (χ1v) is 3.59. The van der Waals surface area contributed by atoms with Gasteiger partial charge in [0.05, 0.1) is 6.54 Å². The van der Waals surface area contributed by atoms with Gasteiger partial charge >= 0.3 is 0 Å². The minimum atomic E-state index is -0.900. The second kappa shape index (κ2) is 5.74. The van der Waals surface area contributed by atoms with Crippen LogP contribution in [-0.4, -0.2) is 5.96 Å². The maximum Gasteiger partial charge on any atom is 0.186 e. The highest BCUT2D eigenvalue weighted by Crippen LogP contribution is 2.09. The Bertz CT molecular complexity index is 337. The van der Waals surface area contributed by atoms with Crippen LogP contribution in [0.25, 0.3) is 0 Å². The van der Waals surface area contributed by atoms with Gasteiger partial charge in [0.25, 0.3) is 0 Å². The van der Waals surface area contributed by atoms with E-state index in [1.54, 1.807) is 0 Å². The molecule has 0 amide bonds. The summed E-state index contributed by atoms with van der Waals surface area (Å²) in [5.41, 5.74) is 10.7. The van der Waals surface area contributed by atoms with Gasteiger partial charge in [0, 0.05) is 0 Å². The minimum absolute atomic E-state index is 0. The Kier molecular flexibility index (Phi) is 5.36. The molecule has 0 unspecified atom stereocenters. The highest BCUT2D eigenvalue weighted by molar-refractivity contribution is 14.0. The third-order valence-corrected chi connectivity index (χ3v) is 1.43. The molecule has 78 valence electrons. The summed E-state index contributed by atoms with van der Waals surface area (Å²) in [6.07, 6.45) is 0. The fraction of sp³-hybridized carbons (Fsp3) is 0.125. The van der Waals surface area contributed by atoms with Gasteiger partial charge in [0.1, 0.15) is 0 Å². The molecule has 0 radical (unpaired) electrons. The maximum atomic E-state index is 12.6. The van der Waals surface area contributed by atoms with E-state index in [1.807, 2.05) is 0 Å². The monoisotopic (exact) mass is 313 g/mol. The first-order valence-electron chi connectivity index (χ1n) is 3.59. The Labute approximate surface area is 97.2 Å². The number of hydrogen-bond acceptors (Lipinski definition) is 1. The zero-order valence-electron chi connectivity index (χ0n) is 7.21. The SMILES string of the molecule is I.NC(N)=NCc1ccc(F)c(F)c1. The lowest BCUT2D eigenvalue weighted by molar-refractivity contribution is 0.507. The lowest BCUT2D eigenvalue weighted by Crippen LogP contribution is -2.22. The first-order chi connectivity index (χ1) is 6.09. The number of nitrogens with two attached hydrogens (primary N) is 2. The summed E-state index contributed by atoms with van der Waals surface area (Å²) in [5.74, 6) is -1.86. The molecule has 1 aromatic carbocycles. The van der Waals surface area contributed by atoms with Crippen molar-refractivity contribution < 1.29 is 8.78 Å². The molecule has 0 atom stereocenters. The highest BCUT2D eigenvalue weighted by Gasteiger charge is 2.01. The van der Waals surface area contributed by atoms with Gasteiger partial charge < -0.3 is 11.5 Å². The number of nitrogens with zero attached hydrogens (tertiary/aromatic N) is 1. The van der Waals surface area contributed by atoms with Crippen molar-refractivity contribution in [1.29, 1.82) is 0 Å². The quantitative estimate of drug-likeness (QED) is 0.492. The maximum absolute atomic E-state index is 12.6. The van der Waals surface area contributed by atoms with Gasteiger partial charge in [-0.05, 0) is 17.7 Å². The van der Waals surface area contributed by atoms with E-state index in [0.717, 1.165) is 12.1 Å². The van der Waals surface area contributed by atoms with Crippen molar-refractivity contribution in [2.75, 3.05) is 0 Å². The summed E-state index contributed by atoms with van der Waals surface area (Å²) in [6.45, 7) is 0.152. The van der Waals surface area contributed by atoms with Crippen LogP contribution in [0, 0.1) is 11.6 Å². The molecule has 0 bridgehead atoms. The van der Waals surface area contributed by atoms with Gasteiger partial charge in [-0.25, -0.2) is 13.8 Å². The van der Waals surface area contributed by atoms with Gasteiger partial charge in [-0.3, -0.25) is 0 Å². The largest absolute Gasteiger partial charge is 0.370 e. The average Bonchev–Trinajstić information content (AvgIpc) is 2.07. The second-order valence-corrected chi connectivity index (χ2v) is 2.49. The third kappa shape index (κ3) is 3.86. The van der Waals surface area contributed by atoms with Crippen LogP contribution >= 0.6 is 24.0 Å². The van der Waals surface area contributed by atoms with E-state index >= 15 is 0 Å². The highest BCUT2D eigenvalue weighted by atomic mass is 127. The molecule has 0 saturated heterocycles. The van der Waals surface area contributed by atoms with Gasteiger partial charge in [0.15, 0.2) is 17.6 Å². The zero-order chi connectivity index (χ0) is 9.84. The molecule has 0 aliphatic carbocycles. The topological polar surface area (TPSA) is 64.4 Å². The number of benzene rings is 1. The van der Waals surface area contributed by atoms with Gasteiger partial charge in [0.2, 0.25) is 0 Å². The van der Waals surface area contributed by atoms with Gasteiger partial charge in [-0.15, -0.1) is 24.0 Å². The van der Waals surface area contributed by atoms with Crippen LogP contribution in [0.1, 0.15) is 5.56 Å². The smallest absolute Gasteiger partial charge is 0.186 e. The second-order valence-electron chi connectivity index (χ2n) is 2.49.